The first-order chi connectivity index (χ1) is 8.88. The molecular formula is C16H27N3. The Bertz CT molecular complexity index is 383. The molecule has 0 aliphatic heterocycles. The molecule has 1 rings (SSSR count). The fourth-order valence-corrected chi connectivity index (χ4v) is 2.28. The maximum atomic E-state index is 7.40. The van der Waals surface area contributed by atoms with Gasteiger partial charge in [0.25, 0.3) is 0 Å². The number of nitrogens with zero attached hydrogens (tertiary/aromatic N) is 1. The van der Waals surface area contributed by atoms with Crippen LogP contribution in [0.2, 0.25) is 0 Å². The van der Waals surface area contributed by atoms with Crippen LogP contribution in [0, 0.1) is 17.2 Å². The molecule has 0 spiro atoms. The highest BCUT2D eigenvalue weighted by molar-refractivity contribution is 5.94. The van der Waals surface area contributed by atoms with Crippen LogP contribution in [0.3, 0.4) is 0 Å². The van der Waals surface area contributed by atoms with E-state index in [0.29, 0.717) is 11.8 Å². The van der Waals surface area contributed by atoms with Crippen molar-refractivity contribution in [2.24, 2.45) is 17.6 Å². The Morgan fingerprint density at radius 2 is 1.53 bits per heavy atom. The summed E-state index contributed by atoms with van der Waals surface area (Å²) in [6.07, 6.45) is 0. The Morgan fingerprint density at radius 1 is 1.05 bits per heavy atom. The average molecular weight is 261 g/mol. The summed E-state index contributed by atoms with van der Waals surface area (Å²) >= 11 is 0. The van der Waals surface area contributed by atoms with Crippen molar-refractivity contribution in [2.75, 3.05) is 13.1 Å². The van der Waals surface area contributed by atoms with Crippen molar-refractivity contribution in [3.8, 4) is 0 Å². The van der Waals surface area contributed by atoms with Gasteiger partial charge in [-0.2, -0.15) is 0 Å². The van der Waals surface area contributed by atoms with E-state index in [1.165, 1.54) is 5.56 Å². The minimum absolute atomic E-state index is 0.132. The third-order valence-electron chi connectivity index (χ3n) is 2.92. The molecule has 3 heteroatoms. The molecule has 0 saturated heterocycles. The van der Waals surface area contributed by atoms with Gasteiger partial charge in [0.15, 0.2) is 0 Å². The van der Waals surface area contributed by atoms with Crippen LogP contribution in [0.5, 0.6) is 0 Å². The van der Waals surface area contributed by atoms with Crippen LogP contribution in [0.25, 0.3) is 0 Å². The summed E-state index contributed by atoms with van der Waals surface area (Å²) in [5.74, 6) is 1.48. The Hall–Kier alpha value is -1.35. The van der Waals surface area contributed by atoms with E-state index in [4.69, 9.17) is 11.1 Å². The largest absolute Gasteiger partial charge is 0.384 e. The van der Waals surface area contributed by atoms with Crippen LogP contribution in [0.4, 0.5) is 0 Å². The van der Waals surface area contributed by atoms with E-state index < -0.39 is 0 Å². The average Bonchev–Trinajstić information content (AvgIpc) is 2.27. The predicted octanol–water partition coefficient (Wildman–Crippen LogP) is 3.08. The van der Waals surface area contributed by atoms with Gasteiger partial charge in [-0.05, 0) is 17.4 Å². The summed E-state index contributed by atoms with van der Waals surface area (Å²) in [5.41, 5.74) is 7.55. The van der Waals surface area contributed by atoms with E-state index in [1.807, 2.05) is 12.1 Å². The first-order valence-electron chi connectivity index (χ1n) is 7.04. The van der Waals surface area contributed by atoms with E-state index in [2.05, 4.69) is 44.7 Å². The standard InChI is InChI=1S/C16H27N3/c1-12(2)9-19(10-13(3)4)11-14-5-7-15(8-6-14)16(17)18/h5-8,12-13H,9-11H2,1-4H3,(H3,17,18). The van der Waals surface area contributed by atoms with Gasteiger partial charge in [0.2, 0.25) is 0 Å². The van der Waals surface area contributed by atoms with Gasteiger partial charge in [0.1, 0.15) is 5.84 Å². The molecule has 106 valence electrons. The van der Waals surface area contributed by atoms with Gasteiger partial charge in [0, 0.05) is 25.2 Å². The van der Waals surface area contributed by atoms with Crippen molar-refractivity contribution in [3.63, 3.8) is 0 Å². The quantitative estimate of drug-likeness (QED) is 0.585. The van der Waals surface area contributed by atoms with Gasteiger partial charge in [-0.15, -0.1) is 0 Å². The third kappa shape index (κ3) is 5.88. The van der Waals surface area contributed by atoms with Crippen LogP contribution >= 0.6 is 0 Å². The molecule has 0 aliphatic carbocycles. The molecule has 0 fully saturated rings. The molecule has 0 heterocycles. The van der Waals surface area contributed by atoms with Gasteiger partial charge in [-0.3, -0.25) is 10.3 Å². The molecule has 3 N–H and O–H groups in total. The molecule has 3 nitrogen and oxygen atoms in total. The van der Waals surface area contributed by atoms with Gasteiger partial charge in [-0.1, -0.05) is 52.0 Å². The van der Waals surface area contributed by atoms with E-state index in [9.17, 15) is 0 Å². The fourth-order valence-electron chi connectivity index (χ4n) is 2.28. The Balaban J connectivity index is 2.69. The molecular weight excluding hydrogens is 234 g/mol. The third-order valence-corrected chi connectivity index (χ3v) is 2.92. The SMILES string of the molecule is CC(C)CN(Cc1ccc(C(=N)N)cc1)CC(C)C. The number of hydrogen-bond donors (Lipinski definition) is 2. The molecule has 0 atom stereocenters. The van der Waals surface area contributed by atoms with Gasteiger partial charge in [-0.25, -0.2) is 0 Å². The zero-order valence-corrected chi connectivity index (χ0v) is 12.6. The fraction of sp³-hybridized carbons (Fsp3) is 0.562. The second-order valence-corrected chi connectivity index (χ2v) is 6.09. The molecule has 19 heavy (non-hydrogen) atoms. The van der Waals surface area contributed by atoms with Crippen molar-refractivity contribution in [1.29, 1.82) is 5.41 Å². The second kappa shape index (κ2) is 7.29. The van der Waals surface area contributed by atoms with E-state index >= 15 is 0 Å². The maximum absolute atomic E-state index is 7.40. The number of nitrogens with two attached hydrogens (primary N) is 1. The lowest BCUT2D eigenvalue weighted by Gasteiger charge is -2.26. The van der Waals surface area contributed by atoms with Crippen molar-refractivity contribution >= 4 is 5.84 Å². The molecule has 0 saturated carbocycles. The summed E-state index contributed by atoms with van der Waals surface area (Å²) in [6, 6.07) is 8.01. The van der Waals surface area contributed by atoms with E-state index in [-0.39, 0.29) is 5.84 Å². The number of nitrogens with one attached hydrogen (secondary N) is 1. The summed E-state index contributed by atoms with van der Waals surface area (Å²) in [6.45, 7) is 12.2. The molecule has 0 bridgehead atoms. The lowest BCUT2D eigenvalue weighted by atomic mass is 10.1. The Labute approximate surface area is 117 Å². The van der Waals surface area contributed by atoms with E-state index in [0.717, 1.165) is 25.2 Å². The molecule has 0 unspecified atom stereocenters. The van der Waals surface area contributed by atoms with Crippen LogP contribution in [-0.2, 0) is 6.54 Å². The number of hydrogen-bond acceptors (Lipinski definition) is 2. The van der Waals surface area contributed by atoms with Crippen molar-refractivity contribution in [2.45, 2.75) is 34.2 Å². The van der Waals surface area contributed by atoms with Crippen LogP contribution < -0.4 is 5.73 Å². The zero-order valence-electron chi connectivity index (χ0n) is 12.6. The van der Waals surface area contributed by atoms with Crippen LogP contribution in [0.1, 0.15) is 38.8 Å². The van der Waals surface area contributed by atoms with Crippen molar-refractivity contribution in [3.05, 3.63) is 35.4 Å². The summed E-state index contributed by atoms with van der Waals surface area (Å²) in [4.78, 5) is 2.50. The molecule has 0 aromatic heterocycles. The first-order valence-corrected chi connectivity index (χ1v) is 7.04. The second-order valence-electron chi connectivity index (χ2n) is 6.09. The molecule has 0 amide bonds. The lowest BCUT2D eigenvalue weighted by Crippen LogP contribution is -2.30. The number of nitrogen functional groups attached to an aromatic ring is 1. The number of rotatable bonds is 7. The molecule has 0 radical (unpaired) electrons. The molecule has 1 aromatic rings. The minimum atomic E-state index is 0.132. The monoisotopic (exact) mass is 261 g/mol. The van der Waals surface area contributed by atoms with Crippen LogP contribution in [-0.4, -0.2) is 23.8 Å². The van der Waals surface area contributed by atoms with Gasteiger partial charge >= 0.3 is 0 Å². The smallest absolute Gasteiger partial charge is 0.122 e. The maximum Gasteiger partial charge on any atom is 0.122 e. The summed E-state index contributed by atoms with van der Waals surface area (Å²) < 4.78 is 0. The van der Waals surface area contributed by atoms with Crippen LogP contribution in [0.15, 0.2) is 24.3 Å². The lowest BCUT2D eigenvalue weighted by molar-refractivity contribution is 0.211. The summed E-state index contributed by atoms with van der Waals surface area (Å²) in [7, 11) is 0. The molecule has 0 aliphatic rings. The highest BCUT2D eigenvalue weighted by atomic mass is 15.1. The van der Waals surface area contributed by atoms with Gasteiger partial charge in [0.05, 0.1) is 0 Å². The zero-order chi connectivity index (χ0) is 14.4. The Kier molecular flexibility index (Phi) is 6.03. The van der Waals surface area contributed by atoms with Gasteiger partial charge < -0.3 is 5.73 Å². The van der Waals surface area contributed by atoms with Crippen molar-refractivity contribution in [1.82, 2.24) is 4.90 Å². The summed E-state index contributed by atoms with van der Waals surface area (Å²) in [5, 5.41) is 7.40. The topological polar surface area (TPSA) is 53.1 Å². The highest BCUT2D eigenvalue weighted by Crippen LogP contribution is 2.11. The number of benzene rings is 1. The van der Waals surface area contributed by atoms with E-state index in [1.54, 1.807) is 0 Å². The predicted molar refractivity (Wildman–Crippen MR) is 82.4 cm³/mol. The highest BCUT2D eigenvalue weighted by Gasteiger charge is 2.10. The first kappa shape index (κ1) is 15.7. The Morgan fingerprint density at radius 3 is 1.89 bits per heavy atom. The molecule has 1 aromatic carbocycles. The number of amidine groups is 1. The van der Waals surface area contributed by atoms with Crippen molar-refractivity contribution < 1.29 is 0 Å². The minimum Gasteiger partial charge on any atom is -0.384 e. The normalized spacial score (nSPS) is 11.5.